The maximum absolute atomic E-state index is 10.1. The Labute approximate surface area is 124 Å². The van der Waals surface area contributed by atoms with Crippen LogP contribution in [0.2, 0.25) is 0 Å². The first-order chi connectivity index (χ1) is 10.2. The Morgan fingerprint density at radius 3 is 2.62 bits per heavy atom. The van der Waals surface area contributed by atoms with Crippen LogP contribution in [-0.4, -0.2) is 22.9 Å². The molecule has 21 heavy (non-hydrogen) atoms. The molecule has 2 aromatic rings. The van der Waals surface area contributed by atoms with Gasteiger partial charge in [0.15, 0.2) is 0 Å². The minimum absolute atomic E-state index is 0.215. The molecule has 0 bridgehead atoms. The van der Waals surface area contributed by atoms with Gasteiger partial charge in [0.1, 0.15) is 11.5 Å². The minimum Gasteiger partial charge on any atom is -0.508 e. The molecule has 1 aliphatic heterocycles. The van der Waals surface area contributed by atoms with Gasteiger partial charge in [-0.15, -0.1) is 6.58 Å². The highest BCUT2D eigenvalue weighted by Crippen LogP contribution is 2.34. The van der Waals surface area contributed by atoms with Crippen molar-refractivity contribution >= 4 is 0 Å². The number of aromatic hydroxyl groups is 2. The maximum Gasteiger partial charge on any atom is 0.123 e. The largest absolute Gasteiger partial charge is 0.508 e. The lowest BCUT2D eigenvalue weighted by atomic mass is 9.97. The quantitative estimate of drug-likeness (QED) is 0.652. The molecule has 3 rings (SSSR count). The second kappa shape index (κ2) is 5.62. The molecular formula is C18H18O3. The molecule has 1 aliphatic rings. The molecule has 0 aliphatic carbocycles. The van der Waals surface area contributed by atoms with Crippen LogP contribution in [0.15, 0.2) is 49.1 Å². The van der Waals surface area contributed by atoms with E-state index in [1.54, 1.807) is 12.1 Å². The fraction of sp³-hybridized carbons (Fsp3) is 0.222. The van der Waals surface area contributed by atoms with Crippen LogP contribution in [0.3, 0.4) is 0 Å². The topological polar surface area (TPSA) is 53.0 Å². The summed E-state index contributed by atoms with van der Waals surface area (Å²) in [6.07, 6.45) is 3.51. The number of epoxide rings is 1. The number of benzene rings is 2. The molecule has 2 aromatic carbocycles. The summed E-state index contributed by atoms with van der Waals surface area (Å²) < 4.78 is 5.22. The molecule has 0 saturated carbocycles. The van der Waals surface area contributed by atoms with Crippen molar-refractivity contribution in [1.82, 2.24) is 0 Å². The van der Waals surface area contributed by atoms with E-state index < -0.39 is 0 Å². The van der Waals surface area contributed by atoms with Gasteiger partial charge in [-0.1, -0.05) is 18.2 Å². The average Bonchev–Trinajstić information content (AvgIpc) is 3.28. The molecular weight excluding hydrogens is 264 g/mol. The van der Waals surface area contributed by atoms with Gasteiger partial charge >= 0.3 is 0 Å². The monoisotopic (exact) mass is 282 g/mol. The van der Waals surface area contributed by atoms with Crippen molar-refractivity contribution in [3.63, 3.8) is 0 Å². The summed E-state index contributed by atoms with van der Waals surface area (Å²) in [5.74, 6) is 0.512. The zero-order chi connectivity index (χ0) is 14.8. The predicted octanol–water partition coefficient (Wildman–Crippen LogP) is 3.43. The van der Waals surface area contributed by atoms with E-state index in [2.05, 4.69) is 6.58 Å². The van der Waals surface area contributed by atoms with Gasteiger partial charge in [-0.05, 0) is 47.4 Å². The van der Waals surface area contributed by atoms with E-state index in [-0.39, 0.29) is 17.6 Å². The number of hydrogen-bond acceptors (Lipinski definition) is 3. The van der Waals surface area contributed by atoms with Crippen LogP contribution in [0.5, 0.6) is 11.5 Å². The lowest BCUT2D eigenvalue weighted by Gasteiger charge is -2.10. The number of rotatable bonds is 5. The maximum atomic E-state index is 10.1. The normalized spacial score (nSPS) is 16.7. The SMILES string of the molecule is C=CCc1ccc(O)c(-c2ccc(O)c(CC3CO3)c2)c1. The van der Waals surface area contributed by atoms with E-state index in [0.717, 1.165) is 35.3 Å². The Morgan fingerprint density at radius 1 is 1.14 bits per heavy atom. The van der Waals surface area contributed by atoms with Crippen LogP contribution in [0, 0.1) is 0 Å². The molecule has 0 aromatic heterocycles. The summed E-state index contributed by atoms with van der Waals surface area (Å²) in [4.78, 5) is 0. The highest BCUT2D eigenvalue weighted by Gasteiger charge is 2.24. The zero-order valence-electron chi connectivity index (χ0n) is 11.7. The van der Waals surface area contributed by atoms with Gasteiger partial charge in [0.25, 0.3) is 0 Å². The highest BCUT2D eigenvalue weighted by molar-refractivity contribution is 5.72. The van der Waals surface area contributed by atoms with E-state index in [0.29, 0.717) is 6.42 Å². The zero-order valence-corrected chi connectivity index (χ0v) is 11.7. The Hall–Kier alpha value is -2.26. The van der Waals surface area contributed by atoms with Crippen LogP contribution in [-0.2, 0) is 17.6 Å². The molecule has 1 unspecified atom stereocenters. The first-order valence-electron chi connectivity index (χ1n) is 7.04. The minimum atomic E-state index is 0.215. The Bertz CT molecular complexity index is 672. The van der Waals surface area contributed by atoms with Gasteiger partial charge in [0, 0.05) is 12.0 Å². The molecule has 3 heteroatoms. The van der Waals surface area contributed by atoms with Crippen molar-refractivity contribution in [2.75, 3.05) is 6.61 Å². The van der Waals surface area contributed by atoms with Gasteiger partial charge < -0.3 is 14.9 Å². The summed E-state index contributed by atoms with van der Waals surface area (Å²) in [6, 6.07) is 11.0. The van der Waals surface area contributed by atoms with Crippen LogP contribution >= 0.6 is 0 Å². The highest BCUT2D eigenvalue weighted by atomic mass is 16.6. The Kier molecular flexibility index (Phi) is 3.67. The van der Waals surface area contributed by atoms with Crippen LogP contribution in [0.25, 0.3) is 11.1 Å². The standard InChI is InChI=1S/C18H18O3/c1-2-3-12-4-6-18(20)16(8-12)13-5-7-17(19)14(9-13)10-15-11-21-15/h2,4-9,15,19-20H,1,3,10-11H2. The third-order valence-electron chi connectivity index (χ3n) is 3.68. The van der Waals surface area contributed by atoms with E-state index in [1.807, 2.05) is 30.3 Å². The van der Waals surface area contributed by atoms with Crippen molar-refractivity contribution in [1.29, 1.82) is 0 Å². The second-order valence-corrected chi connectivity index (χ2v) is 5.35. The van der Waals surface area contributed by atoms with Crippen LogP contribution in [0.4, 0.5) is 0 Å². The fourth-order valence-corrected chi connectivity index (χ4v) is 2.46. The molecule has 1 saturated heterocycles. The van der Waals surface area contributed by atoms with Gasteiger partial charge in [0.05, 0.1) is 12.7 Å². The van der Waals surface area contributed by atoms with Gasteiger partial charge in [-0.3, -0.25) is 0 Å². The van der Waals surface area contributed by atoms with Crippen molar-refractivity contribution in [3.05, 3.63) is 60.2 Å². The van der Waals surface area contributed by atoms with E-state index in [1.165, 1.54) is 0 Å². The number of hydrogen-bond donors (Lipinski definition) is 2. The molecule has 0 amide bonds. The van der Waals surface area contributed by atoms with Crippen molar-refractivity contribution in [2.24, 2.45) is 0 Å². The first-order valence-corrected chi connectivity index (χ1v) is 7.04. The molecule has 3 nitrogen and oxygen atoms in total. The Balaban J connectivity index is 1.98. The lowest BCUT2D eigenvalue weighted by molar-refractivity contribution is 0.402. The van der Waals surface area contributed by atoms with Crippen molar-refractivity contribution in [3.8, 4) is 22.6 Å². The predicted molar refractivity (Wildman–Crippen MR) is 82.6 cm³/mol. The van der Waals surface area contributed by atoms with E-state index >= 15 is 0 Å². The fourth-order valence-electron chi connectivity index (χ4n) is 2.46. The second-order valence-electron chi connectivity index (χ2n) is 5.35. The van der Waals surface area contributed by atoms with Crippen molar-refractivity contribution in [2.45, 2.75) is 18.9 Å². The number of phenols is 2. The number of allylic oxidation sites excluding steroid dienone is 1. The smallest absolute Gasteiger partial charge is 0.123 e. The van der Waals surface area contributed by atoms with Gasteiger partial charge in [-0.2, -0.15) is 0 Å². The van der Waals surface area contributed by atoms with Crippen molar-refractivity contribution < 1.29 is 14.9 Å². The van der Waals surface area contributed by atoms with Crippen LogP contribution in [0.1, 0.15) is 11.1 Å². The molecule has 1 fully saturated rings. The molecule has 0 spiro atoms. The summed E-state index contributed by atoms with van der Waals surface area (Å²) in [5.41, 5.74) is 3.61. The Morgan fingerprint density at radius 2 is 1.90 bits per heavy atom. The van der Waals surface area contributed by atoms with E-state index in [4.69, 9.17) is 4.74 Å². The lowest BCUT2D eigenvalue weighted by Crippen LogP contribution is -1.94. The summed E-state index contributed by atoms with van der Waals surface area (Å²) >= 11 is 0. The van der Waals surface area contributed by atoms with Crippen LogP contribution < -0.4 is 0 Å². The van der Waals surface area contributed by atoms with Gasteiger partial charge in [0.2, 0.25) is 0 Å². The van der Waals surface area contributed by atoms with Gasteiger partial charge in [-0.25, -0.2) is 0 Å². The molecule has 2 N–H and O–H groups in total. The van der Waals surface area contributed by atoms with E-state index in [9.17, 15) is 10.2 Å². The summed E-state index contributed by atoms with van der Waals surface area (Å²) in [7, 11) is 0. The molecule has 1 heterocycles. The molecule has 0 radical (unpaired) electrons. The first kappa shape index (κ1) is 13.7. The third kappa shape index (κ3) is 3.09. The number of phenolic OH excluding ortho intramolecular Hbond substituents is 2. The average molecular weight is 282 g/mol. The third-order valence-corrected chi connectivity index (χ3v) is 3.68. The molecule has 108 valence electrons. The summed E-state index contributed by atoms with van der Waals surface area (Å²) in [5, 5.41) is 20.0. The number of ether oxygens (including phenoxy) is 1. The molecule has 1 atom stereocenters. The summed E-state index contributed by atoms with van der Waals surface area (Å²) in [6.45, 7) is 4.49.